The van der Waals surface area contributed by atoms with Gasteiger partial charge in [-0.3, -0.25) is 4.79 Å². The summed E-state index contributed by atoms with van der Waals surface area (Å²) >= 11 is 3.69. The van der Waals surface area contributed by atoms with E-state index in [-0.39, 0.29) is 11.0 Å². The molecule has 2 unspecified atom stereocenters. The number of rotatable bonds is 2. The molecule has 0 aromatic carbocycles. The first kappa shape index (κ1) is 9.03. The third-order valence-electron chi connectivity index (χ3n) is 2.05. The number of hydroxylamine groups is 2. The van der Waals surface area contributed by atoms with Crippen LogP contribution in [-0.4, -0.2) is 18.2 Å². The highest BCUT2D eigenvalue weighted by atomic mass is 32.1. The number of hydrogen-bond acceptors (Lipinski definition) is 2. The molecule has 1 N–H and O–H groups in total. The maximum atomic E-state index is 10.9. The summed E-state index contributed by atoms with van der Waals surface area (Å²) in [4.78, 5) is 10.6. The average molecular weight is 175 g/mol. The highest BCUT2D eigenvalue weighted by molar-refractivity contribution is 7.96. The van der Waals surface area contributed by atoms with Crippen molar-refractivity contribution in [2.24, 2.45) is 5.92 Å². The Balaban J connectivity index is 2.28. The van der Waals surface area contributed by atoms with Crippen molar-refractivity contribution in [1.29, 1.82) is 0 Å². The zero-order chi connectivity index (χ0) is 8.27. The fraction of sp³-hybridized carbons (Fsp3) is 0.857. The normalized spacial score (nSPS) is 31.8. The van der Waals surface area contributed by atoms with Gasteiger partial charge in [0.1, 0.15) is 0 Å². The van der Waals surface area contributed by atoms with E-state index >= 15 is 0 Å². The molecular formula is C7H13NO2S. The largest absolute Gasteiger partial charge is 0.634 e. The average Bonchev–Trinajstić information content (AvgIpc) is 1.85. The Hall–Kier alpha value is -0.0600. The van der Waals surface area contributed by atoms with E-state index in [0.717, 1.165) is 12.8 Å². The number of piperidine rings is 1. The summed E-state index contributed by atoms with van der Waals surface area (Å²) in [7, 11) is 0. The molecule has 1 fully saturated rings. The Morgan fingerprint density at radius 2 is 2.45 bits per heavy atom. The minimum atomic E-state index is -0.0929. The molecule has 0 saturated carbocycles. The van der Waals surface area contributed by atoms with Crippen LogP contribution in [0.5, 0.6) is 0 Å². The minimum Gasteiger partial charge on any atom is -0.634 e. The topological polar surface area (TPSA) is 44.6 Å². The summed E-state index contributed by atoms with van der Waals surface area (Å²) in [6.45, 7) is 1.30. The molecule has 0 aliphatic carbocycles. The fourth-order valence-corrected chi connectivity index (χ4v) is 1.79. The number of carbonyl (C=O) groups is 1. The molecule has 1 aliphatic heterocycles. The summed E-state index contributed by atoms with van der Waals surface area (Å²) < 4.78 is 0. The van der Waals surface area contributed by atoms with Crippen LogP contribution in [0, 0.1) is 11.1 Å². The molecule has 11 heavy (non-hydrogen) atoms. The van der Waals surface area contributed by atoms with Crippen molar-refractivity contribution >= 4 is 17.7 Å². The van der Waals surface area contributed by atoms with Gasteiger partial charge in [0.25, 0.3) is 0 Å². The molecule has 0 radical (unpaired) electrons. The van der Waals surface area contributed by atoms with Crippen molar-refractivity contribution in [3.63, 3.8) is 0 Å². The second-order valence-corrected chi connectivity index (χ2v) is 3.60. The highest BCUT2D eigenvalue weighted by Crippen LogP contribution is 2.12. The van der Waals surface area contributed by atoms with Gasteiger partial charge in [-0.1, -0.05) is 0 Å². The van der Waals surface area contributed by atoms with Crippen molar-refractivity contribution < 1.29 is 9.86 Å². The quantitative estimate of drug-likeness (QED) is 0.444. The van der Waals surface area contributed by atoms with Gasteiger partial charge in [0.15, 0.2) is 5.12 Å². The van der Waals surface area contributed by atoms with Crippen LogP contribution < -0.4 is 5.06 Å². The van der Waals surface area contributed by atoms with Crippen molar-refractivity contribution in [2.75, 3.05) is 13.1 Å². The predicted molar refractivity (Wildman–Crippen MR) is 45.4 cm³/mol. The third-order valence-corrected chi connectivity index (χ3v) is 2.23. The molecule has 64 valence electrons. The lowest BCUT2D eigenvalue weighted by molar-refractivity contribution is -0.857. The fourth-order valence-electron chi connectivity index (χ4n) is 1.54. The van der Waals surface area contributed by atoms with Gasteiger partial charge in [0, 0.05) is 12.3 Å². The molecule has 2 atom stereocenters. The zero-order valence-electron chi connectivity index (χ0n) is 6.38. The molecule has 0 aromatic heterocycles. The molecule has 0 amide bonds. The molecule has 0 spiro atoms. The van der Waals surface area contributed by atoms with E-state index in [9.17, 15) is 10.0 Å². The first-order valence-electron chi connectivity index (χ1n) is 3.92. The minimum absolute atomic E-state index is 0.0929. The van der Waals surface area contributed by atoms with E-state index in [4.69, 9.17) is 0 Å². The first-order chi connectivity index (χ1) is 5.18. The Labute approximate surface area is 71.7 Å². The number of thiol groups is 1. The summed E-state index contributed by atoms with van der Waals surface area (Å²) in [6.07, 6.45) is 2.43. The molecule has 1 aliphatic rings. The lowest BCUT2D eigenvalue weighted by Crippen LogP contribution is -3.08. The van der Waals surface area contributed by atoms with E-state index in [1.165, 1.54) is 0 Å². The zero-order valence-corrected chi connectivity index (χ0v) is 7.27. The molecule has 3 nitrogen and oxygen atoms in total. The van der Waals surface area contributed by atoms with E-state index < -0.39 is 0 Å². The monoisotopic (exact) mass is 175 g/mol. The molecule has 1 rings (SSSR count). The number of nitrogens with one attached hydrogen (secondary N) is 1. The van der Waals surface area contributed by atoms with Crippen LogP contribution in [0.3, 0.4) is 0 Å². The number of carbonyl (C=O) groups excluding carboxylic acids is 1. The van der Waals surface area contributed by atoms with Gasteiger partial charge >= 0.3 is 0 Å². The summed E-state index contributed by atoms with van der Waals surface area (Å²) in [5.74, 6) is 0.279. The van der Waals surface area contributed by atoms with Crippen LogP contribution in [0.25, 0.3) is 0 Å². The van der Waals surface area contributed by atoms with E-state index in [2.05, 4.69) is 12.6 Å². The van der Waals surface area contributed by atoms with E-state index in [1.807, 2.05) is 0 Å². The van der Waals surface area contributed by atoms with E-state index in [0.29, 0.717) is 24.6 Å². The van der Waals surface area contributed by atoms with Crippen LogP contribution in [-0.2, 0) is 4.79 Å². The van der Waals surface area contributed by atoms with Gasteiger partial charge in [0.2, 0.25) is 0 Å². The van der Waals surface area contributed by atoms with Gasteiger partial charge < -0.3 is 10.3 Å². The van der Waals surface area contributed by atoms with Crippen molar-refractivity contribution in [1.82, 2.24) is 0 Å². The third kappa shape index (κ3) is 3.22. The summed E-state index contributed by atoms with van der Waals surface area (Å²) in [6, 6.07) is 0. The van der Waals surface area contributed by atoms with Gasteiger partial charge in [0.05, 0.1) is 13.1 Å². The van der Waals surface area contributed by atoms with E-state index in [1.54, 1.807) is 0 Å². The molecule has 1 saturated heterocycles. The van der Waals surface area contributed by atoms with Crippen LogP contribution >= 0.6 is 12.6 Å². The summed E-state index contributed by atoms with van der Waals surface area (Å²) in [5, 5.41) is 11.1. The molecule has 0 bridgehead atoms. The Bertz CT molecular complexity index is 151. The number of hydrogen-bond donors (Lipinski definition) is 2. The van der Waals surface area contributed by atoms with Crippen LogP contribution in [0.4, 0.5) is 0 Å². The van der Waals surface area contributed by atoms with Crippen molar-refractivity contribution in [3.05, 3.63) is 5.21 Å². The van der Waals surface area contributed by atoms with Gasteiger partial charge in [-0.05, 0) is 12.8 Å². The standard InChI is InChI=1S/C7H13NO2S/c9-7(11)4-6-2-1-3-8(10)5-6/h6,8H,1-5H2,(H,9,11). The van der Waals surface area contributed by atoms with Gasteiger partial charge in [-0.2, -0.15) is 0 Å². The number of quaternary nitrogens is 1. The molecule has 1 heterocycles. The maximum Gasteiger partial charge on any atom is 0.186 e. The first-order valence-corrected chi connectivity index (χ1v) is 4.36. The molecular weight excluding hydrogens is 162 g/mol. The van der Waals surface area contributed by atoms with Crippen LogP contribution in [0.1, 0.15) is 19.3 Å². The van der Waals surface area contributed by atoms with Gasteiger partial charge in [-0.15, -0.1) is 12.6 Å². The van der Waals surface area contributed by atoms with Crippen molar-refractivity contribution in [2.45, 2.75) is 19.3 Å². The molecule has 0 aromatic rings. The highest BCUT2D eigenvalue weighted by Gasteiger charge is 2.19. The van der Waals surface area contributed by atoms with Crippen molar-refractivity contribution in [3.8, 4) is 0 Å². The Kier molecular flexibility index (Phi) is 3.36. The lowest BCUT2D eigenvalue weighted by atomic mass is 9.97. The van der Waals surface area contributed by atoms with Gasteiger partial charge in [-0.25, -0.2) is 0 Å². The van der Waals surface area contributed by atoms with Crippen LogP contribution in [0.15, 0.2) is 0 Å². The smallest absolute Gasteiger partial charge is 0.186 e. The van der Waals surface area contributed by atoms with Crippen LogP contribution in [0.2, 0.25) is 0 Å². The second-order valence-electron chi connectivity index (χ2n) is 3.10. The predicted octanol–water partition coefficient (Wildman–Crippen LogP) is -0.374. The SMILES string of the molecule is O=C(S)CC1CCC[NH+]([O-])C1. The molecule has 4 heteroatoms. The second kappa shape index (κ2) is 4.09. The summed E-state index contributed by atoms with van der Waals surface area (Å²) in [5.41, 5.74) is 0. The lowest BCUT2D eigenvalue weighted by Gasteiger charge is -2.31. The Morgan fingerprint density at radius 1 is 1.73 bits per heavy atom. The maximum absolute atomic E-state index is 10.9. The Morgan fingerprint density at radius 3 is 3.00 bits per heavy atom.